The van der Waals surface area contributed by atoms with Gasteiger partial charge in [0.05, 0.1) is 5.69 Å². The predicted octanol–water partition coefficient (Wildman–Crippen LogP) is 13.8. The van der Waals surface area contributed by atoms with Crippen LogP contribution in [0.3, 0.4) is 0 Å². The molecule has 5 nitrogen and oxygen atoms in total. The molecule has 0 amide bonds. The van der Waals surface area contributed by atoms with Crippen molar-refractivity contribution in [2.45, 2.75) is 6.17 Å². The lowest BCUT2D eigenvalue weighted by atomic mass is 9.96. The lowest BCUT2D eigenvalue weighted by Gasteiger charge is -2.23. The van der Waals surface area contributed by atoms with Gasteiger partial charge in [-0.15, -0.1) is 0 Å². The first kappa shape index (κ1) is 36.0. The standard InChI is InChI=1S/C56H38N4O/c1-5-15-37(16-6-1)43-23-13-24-44(33-43)39-27-29-40(30-28-39)45-31-32-51-48(34-45)53-47(25-14-26-52(53)61-51)49-35-46(38-17-7-2-8-18-38)36-50(57-49)56-59-54(41-19-9-3-10-20-41)58-55(60-56)42-21-11-4-12-22-42/h1-36,54H,(H,58,59,60). The van der Waals surface area contributed by atoms with Crippen LogP contribution in [0.5, 0.6) is 0 Å². The van der Waals surface area contributed by atoms with Gasteiger partial charge in [-0.25, -0.2) is 15.0 Å². The fraction of sp³-hybridized carbons (Fsp3) is 0.0179. The Kier molecular flexibility index (Phi) is 9.17. The highest BCUT2D eigenvalue weighted by Gasteiger charge is 2.24. The number of rotatable bonds is 8. The summed E-state index contributed by atoms with van der Waals surface area (Å²) in [4.78, 5) is 15.6. The van der Waals surface area contributed by atoms with Crippen LogP contribution in [0.1, 0.15) is 23.0 Å². The predicted molar refractivity (Wildman–Crippen MR) is 251 cm³/mol. The van der Waals surface area contributed by atoms with Gasteiger partial charge < -0.3 is 9.73 Å². The molecule has 1 N–H and O–H groups in total. The summed E-state index contributed by atoms with van der Waals surface area (Å²) in [5.74, 6) is 1.31. The number of fused-ring (bicyclic) bond motifs is 3. The van der Waals surface area contributed by atoms with Gasteiger partial charge in [-0.05, 0) is 86.5 Å². The normalized spacial score (nSPS) is 13.7. The number of benzene rings is 8. The van der Waals surface area contributed by atoms with Crippen LogP contribution in [-0.2, 0) is 0 Å². The summed E-state index contributed by atoms with van der Waals surface area (Å²) in [7, 11) is 0. The van der Waals surface area contributed by atoms with Crippen molar-refractivity contribution in [1.29, 1.82) is 0 Å². The molecule has 11 rings (SSSR count). The fourth-order valence-electron chi connectivity index (χ4n) is 8.27. The van der Waals surface area contributed by atoms with E-state index in [4.69, 9.17) is 19.4 Å². The van der Waals surface area contributed by atoms with Crippen LogP contribution in [0, 0.1) is 0 Å². The molecule has 1 aliphatic rings. The molecule has 0 aliphatic carbocycles. The number of nitrogens with one attached hydrogen (secondary N) is 1. The Balaban J connectivity index is 1.01. The number of aliphatic imine (C=N–C) groups is 2. The second kappa shape index (κ2) is 15.6. The van der Waals surface area contributed by atoms with E-state index in [1.807, 2.05) is 66.7 Å². The van der Waals surface area contributed by atoms with Crippen molar-refractivity contribution in [3.05, 3.63) is 235 Å². The van der Waals surface area contributed by atoms with E-state index in [2.05, 4.69) is 157 Å². The van der Waals surface area contributed by atoms with Gasteiger partial charge in [-0.2, -0.15) is 0 Å². The molecule has 0 radical (unpaired) electrons. The van der Waals surface area contributed by atoms with E-state index in [0.717, 1.165) is 72.3 Å². The van der Waals surface area contributed by atoms with Gasteiger partial charge in [-0.3, -0.25) is 0 Å². The molecule has 3 heterocycles. The van der Waals surface area contributed by atoms with Crippen LogP contribution in [0.4, 0.5) is 0 Å². The van der Waals surface area contributed by atoms with Gasteiger partial charge in [0, 0.05) is 21.9 Å². The molecular weight excluding hydrogens is 745 g/mol. The Bertz CT molecular complexity index is 3250. The lowest BCUT2D eigenvalue weighted by Crippen LogP contribution is -2.34. The van der Waals surface area contributed by atoms with E-state index >= 15 is 0 Å². The van der Waals surface area contributed by atoms with Crippen molar-refractivity contribution in [1.82, 2.24) is 10.3 Å². The molecular formula is C56H38N4O. The molecule has 0 spiro atoms. The van der Waals surface area contributed by atoms with E-state index in [-0.39, 0.29) is 6.17 Å². The molecule has 61 heavy (non-hydrogen) atoms. The summed E-state index contributed by atoms with van der Waals surface area (Å²) in [6.45, 7) is 0. The number of amidine groups is 2. The Morgan fingerprint density at radius 3 is 1.59 bits per heavy atom. The monoisotopic (exact) mass is 782 g/mol. The van der Waals surface area contributed by atoms with Gasteiger partial charge in [-0.1, -0.05) is 182 Å². The zero-order valence-electron chi connectivity index (χ0n) is 33.1. The fourth-order valence-corrected chi connectivity index (χ4v) is 8.27. The average molecular weight is 783 g/mol. The highest BCUT2D eigenvalue weighted by molar-refractivity contribution is 6.15. The van der Waals surface area contributed by atoms with Crippen LogP contribution < -0.4 is 5.32 Å². The van der Waals surface area contributed by atoms with Gasteiger partial charge in [0.1, 0.15) is 23.0 Å². The third-order valence-corrected chi connectivity index (χ3v) is 11.4. The van der Waals surface area contributed by atoms with Gasteiger partial charge in [0.25, 0.3) is 0 Å². The minimum absolute atomic E-state index is 0.345. The van der Waals surface area contributed by atoms with Gasteiger partial charge in [0.15, 0.2) is 11.7 Å². The summed E-state index contributed by atoms with van der Waals surface area (Å²) in [5.41, 5.74) is 15.3. The van der Waals surface area contributed by atoms with Crippen LogP contribution in [0.2, 0.25) is 0 Å². The minimum Gasteiger partial charge on any atom is -0.456 e. The minimum atomic E-state index is -0.345. The van der Waals surface area contributed by atoms with Crippen LogP contribution in [0.25, 0.3) is 77.7 Å². The van der Waals surface area contributed by atoms with Crippen LogP contribution >= 0.6 is 0 Å². The van der Waals surface area contributed by atoms with Crippen LogP contribution in [-0.4, -0.2) is 16.7 Å². The molecule has 2 aromatic heterocycles. The molecule has 0 saturated carbocycles. The number of nitrogens with zero attached hydrogens (tertiary/aromatic N) is 3. The zero-order chi connectivity index (χ0) is 40.5. The lowest BCUT2D eigenvalue weighted by molar-refractivity contribution is 0.669. The second-order valence-electron chi connectivity index (χ2n) is 15.2. The van der Waals surface area contributed by atoms with Crippen molar-refractivity contribution in [2.24, 2.45) is 9.98 Å². The number of hydrogen-bond donors (Lipinski definition) is 1. The molecule has 5 heteroatoms. The van der Waals surface area contributed by atoms with Gasteiger partial charge in [0.2, 0.25) is 0 Å². The molecule has 10 aromatic rings. The summed E-state index contributed by atoms with van der Waals surface area (Å²) in [6.07, 6.45) is -0.345. The van der Waals surface area contributed by atoms with E-state index in [9.17, 15) is 0 Å². The highest BCUT2D eigenvalue weighted by Crippen LogP contribution is 2.40. The maximum atomic E-state index is 6.54. The molecule has 0 bridgehead atoms. The maximum Gasteiger partial charge on any atom is 0.159 e. The largest absolute Gasteiger partial charge is 0.456 e. The molecule has 0 saturated heterocycles. The second-order valence-corrected chi connectivity index (χ2v) is 15.2. The van der Waals surface area contributed by atoms with E-state index in [1.165, 1.54) is 22.3 Å². The van der Waals surface area contributed by atoms with Crippen molar-refractivity contribution in [3.63, 3.8) is 0 Å². The summed E-state index contributed by atoms with van der Waals surface area (Å²) in [5, 5.41) is 5.69. The number of hydrogen-bond acceptors (Lipinski definition) is 5. The van der Waals surface area contributed by atoms with Crippen molar-refractivity contribution in [3.8, 4) is 55.8 Å². The van der Waals surface area contributed by atoms with Crippen molar-refractivity contribution in [2.75, 3.05) is 0 Å². The Morgan fingerprint density at radius 1 is 0.393 bits per heavy atom. The third-order valence-electron chi connectivity index (χ3n) is 11.4. The third kappa shape index (κ3) is 7.09. The molecule has 0 fully saturated rings. The quantitative estimate of drug-likeness (QED) is 0.167. The Labute approximate surface area is 354 Å². The Hall–Kier alpha value is -8.15. The van der Waals surface area contributed by atoms with Crippen molar-refractivity contribution < 1.29 is 4.42 Å². The van der Waals surface area contributed by atoms with Crippen LogP contribution in [0.15, 0.2) is 233 Å². The SMILES string of the molecule is c1ccc(C2=NC(c3ccccc3)NC(c3cc(-c4ccccc4)cc(-c4cccc5oc6ccc(-c7ccc(-c8cccc(-c9ccccc9)c8)cc7)cc6c45)n3)=N2)cc1. The smallest absolute Gasteiger partial charge is 0.159 e. The maximum absolute atomic E-state index is 6.54. The highest BCUT2D eigenvalue weighted by atomic mass is 16.3. The van der Waals surface area contributed by atoms with Gasteiger partial charge >= 0.3 is 0 Å². The summed E-state index contributed by atoms with van der Waals surface area (Å²) < 4.78 is 6.54. The molecule has 1 aliphatic heterocycles. The first-order valence-corrected chi connectivity index (χ1v) is 20.5. The van der Waals surface area contributed by atoms with E-state index in [1.54, 1.807) is 0 Å². The summed E-state index contributed by atoms with van der Waals surface area (Å²) >= 11 is 0. The molecule has 1 atom stereocenters. The first-order chi connectivity index (χ1) is 30.2. The molecule has 8 aromatic carbocycles. The molecule has 288 valence electrons. The van der Waals surface area contributed by atoms with Crippen molar-refractivity contribution >= 4 is 33.6 Å². The number of pyridine rings is 1. The first-order valence-electron chi connectivity index (χ1n) is 20.5. The summed E-state index contributed by atoms with van der Waals surface area (Å²) in [6, 6.07) is 75.9. The Morgan fingerprint density at radius 2 is 0.918 bits per heavy atom. The average Bonchev–Trinajstić information content (AvgIpc) is 3.73. The number of aromatic nitrogens is 1. The molecule has 1 unspecified atom stereocenters. The van der Waals surface area contributed by atoms with E-state index < -0.39 is 0 Å². The number of furan rings is 1. The topological polar surface area (TPSA) is 62.8 Å². The van der Waals surface area contributed by atoms with E-state index in [0.29, 0.717) is 11.7 Å². The zero-order valence-corrected chi connectivity index (χ0v) is 33.1.